The van der Waals surface area contributed by atoms with Gasteiger partial charge in [0.15, 0.2) is 17.2 Å². The zero-order valence-corrected chi connectivity index (χ0v) is 18.0. The molecule has 0 aliphatic rings. The highest BCUT2D eigenvalue weighted by Crippen LogP contribution is 2.21. The number of imidazole rings is 1. The van der Waals surface area contributed by atoms with E-state index in [0.717, 1.165) is 12.0 Å². The van der Waals surface area contributed by atoms with Crippen LogP contribution in [-0.2, 0) is 9.84 Å². The molecule has 0 saturated carbocycles. The van der Waals surface area contributed by atoms with Gasteiger partial charge in [-0.3, -0.25) is 13.6 Å². The average Bonchev–Trinajstić information content (AvgIpc) is 3.33. The predicted octanol–water partition coefficient (Wildman–Crippen LogP) is 2.00. The Morgan fingerprint density at radius 3 is 2.60 bits per heavy atom. The van der Waals surface area contributed by atoms with E-state index in [0.29, 0.717) is 23.4 Å². The van der Waals surface area contributed by atoms with E-state index in [1.807, 2.05) is 35.1 Å². The van der Waals surface area contributed by atoms with Crippen LogP contribution in [0.15, 0.2) is 53.9 Å². The lowest BCUT2D eigenvalue weighted by Crippen LogP contribution is -2.31. The van der Waals surface area contributed by atoms with Crippen LogP contribution in [0.2, 0.25) is 0 Å². The summed E-state index contributed by atoms with van der Waals surface area (Å²) in [5.41, 5.74) is 1.16. The number of aromatic nitrogens is 5. The Balaban J connectivity index is 1.73. The third-order valence-electron chi connectivity index (χ3n) is 4.63. The molecule has 156 valence electrons. The quantitative estimate of drug-likeness (QED) is 0.464. The van der Waals surface area contributed by atoms with E-state index < -0.39 is 21.8 Å². The topological polar surface area (TPSA) is 111 Å². The zero-order chi connectivity index (χ0) is 21.3. The van der Waals surface area contributed by atoms with Gasteiger partial charge in [0, 0.05) is 18.6 Å². The van der Waals surface area contributed by atoms with Crippen molar-refractivity contribution in [3.8, 4) is 0 Å². The first-order valence-electron chi connectivity index (χ1n) is 9.16. The maximum Gasteiger partial charge on any atom is 0.272 e. The molecule has 1 amide bonds. The Morgan fingerprint density at radius 1 is 1.13 bits per heavy atom. The van der Waals surface area contributed by atoms with Crippen LogP contribution in [0, 0.1) is 0 Å². The average molecular weight is 445 g/mol. The first-order chi connectivity index (χ1) is 14.4. The van der Waals surface area contributed by atoms with Crippen LogP contribution in [0.25, 0.3) is 11.2 Å². The minimum Gasteiger partial charge on any atom is -0.341 e. The smallest absolute Gasteiger partial charge is 0.272 e. The second-order valence-corrected chi connectivity index (χ2v) is 9.66. The van der Waals surface area contributed by atoms with Gasteiger partial charge in [0.05, 0.1) is 11.6 Å². The largest absolute Gasteiger partial charge is 0.341 e. The van der Waals surface area contributed by atoms with Gasteiger partial charge in [0.25, 0.3) is 5.91 Å². The van der Waals surface area contributed by atoms with Crippen molar-refractivity contribution < 1.29 is 13.2 Å². The number of hydrogen-bond donors (Lipinski definition) is 1. The number of thioether (sulfide) groups is 1. The van der Waals surface area contributed by atoms with Crippen LogP contribution in [0.3, 0.4) is 0 Å². The molecular formula is C19H20N6O3S2. The fraction of sp³-hybridized carbons (Fsp3) is 0.263. The zero-order valence-electron chi connectivity index (χ0n) is 16.4. The van der Waals surface area contributed by atoms with Crippen LogP contribution in [0.4, 0.5) is 0 Å². The minimum absolute atomic E-state index is 0.0546. The van der Waals surface area contributed by atoms with E-state index in [-0.39, 0.29) is 10.9 Å². The molecule has 9 nitrogen and oxygen atoms in total. The molecule has 0 aromatic carbocycles. The minimum atomic E-state index is -3.61. The molecule has 11 heteroatoms. The molecule has 4 aromatic heterocycles. The highest BCUT2D eigenvalue weighted by atomic mass is 32.2. The summed E-state index contributed by atoms with van der Waals surface area (Å²) in [5, 5.41) is 11.2. The summed E-state index contributed by atoms with van der Waals surface area (Å²) in [6.07, 6.45) is 7.11. The molecule has 1 unspecified atom stereocenters. The Kier molecular flexibility index (Phi) is 5.48. The van der Waals surface area contributed by atoms with Gasteiger partial charge in [-0.15, -0.1) is 10.2 Å². The molecule has 0 saturated heterocycles. The lowest BCUT2D eigenvalue weighted by Gasteiger charge is -2.16. The number of amides is 1. The second-order valence-electron chi connectivity index (χ2n) is 6.77. The van der Waals surface area contributed by atoms with Crippen LogP contribution >= 0.6 is 11.8 Å². The molecule has 4 heterocycles. The van der Waals surface area contributed by atoms with Crippen LogP contribution < -0.4 is 5.32 Å². The molecule has 0 fully saturated rings. The summed E-state index contributed by atoms with van der Waals surface area (Å²) in [7, 11) is -3.61. The van der Waals surface area contributed by atoms with Gasteiger partial charge in [-0.25, -0.2) is 13.4 Å². The van der Waals surface area contributed by atoms with Crippen molar-refractivity contribution >= 4 is 38.7 Å². The second kappa shape index (κ2) is 8.07. The summed E-state index contributed by atoms with van der Waals surface area (Å²) in [5.74, 6) is 0.942. The Morgan fingerprint density at radius 2 is 1.87 bits per heavy atom. The number of rotatable bonds is 7. The van der Waals surface area contributed by atoms with E-state index in [1.165, 1.54) is 4.40 Å². The maximum absolute atomic E-state index is 13.2. The molecule has 0 aliphatic heterocycles. The van der Waals surface area contributed by atoms with Gasteiger partial charge in [-0.2, -0.15) is 11.8 Å². The summed E-state index contributed by atoms with van der Waals surface area (Å²) < 4.78 is 27.5. The number of sulfone groups is 1. The number of fused-ring (bicyclic) bond motifs is 2. The van der Waals surface area contributed by atoms with Crippen molar-refractivity contribution in [2.24, 2.45) is 0 Å². The lowest BCUT2D eigenvalue weighted by atomic mass is 10.2. The summed E-state index contributed by atoms with van der Waals surface area (Å²) >= 11 is 1.66. The number of carbonyl (C=O) groups is 1. The van der Waals surface area contributed by atoms with E-state index in [4.69, 9.17) is 0 Å². The van der Waals surface area contributed by atoms with E-state index >= 15 is 0 Å². The van der Waals surface area contributed by atoms with E-state index in [1.54, 1.807) is 36.2 Å². The first kappa shape index (κ1) is 20.4. The van der Waals surface area contributed by atoms with Gasteiger partial charge >= 0.3 is 0 Å². The third kappa shape index (κ3) is 3.77. The van der Waals surface area contributed by atoms with Crippen molar-refractivity contribution in [2.45, 2.75) is 17.6 Å². The molecule has 1 N–H and O–H groups in total. The van der Waals surface area contributed by atoms with Crippen molar-refractivity contribution in [2.75, 3.05) is 18.3 Å². The highest BCUT2D eigenvalue weighted by Gasteiger charge is 2.26. The molecule has 4 aromatic rings. The van der Waals surface area contributed by atoms with Gasteiger partial charge < -0.3 is 5.32 Å². The molecule has 30 heavy (non-hydrogen) atoms. The Labute approximate surface area is 177 Å². The summed E-state index contributed by atoms with van der Waals surface area (Å²) in [6.45, 7) is 0. The van der Waals surface area contributed by atoms with Crippen LogP contribution in [0.5, 0.6) is 0 Å². The number of carbonyl (C=O) groups excluding carboxylic acids is 1. The number of hydrogen-bond acceptors (Lipinski definition) is 7. The van der Waals surface area contributed by atoms with Gasteiger partial charge in [-0.05, 0) is 42.7 Å². The van der Waals surface area contributed by atoms with Crippen LogP contribution in [0.1, 0.15) is 28.8 Å². The number of pyridine rings is 2. The number of nitrogens with zero attached hydrogens (tertiary/aromatic N) is 5. The van der Waals surface area contributed by atoms with Crippen molar-refractivity contribution in [3.63, 3.8) is 0 Å². The van der Waals surface area contributed by atoms with Gasteiger partial charge in [-0.1, -0.05) is 12.1 Å². The highest BCUT2D eigenvalue weighted by molar-refractivity contribution is 7.98. The third-order valence-corrected chi connectivity index (χ3v) is 6.23. The summed E-state index contributed by atoms with van der Waals surface area (Å²) in [4.78, 5) is 17.3. The fourth-order valence-corrected chi connectivity index (χ4v) is 4.51. The van der Waals surface area contributed by atoms with Crippen molar-refractivity contribution in [1.29, 1.82) is 0 Å². The van der Waals surface area contributed by atoms with Gasteiger partial charge in [0.2, 0.25) is 15.0 Å². The monoisotopic (exact) mass is 444 g/mol. The molecule has 0 aliphatic carbocycles. The summed E-state index contributed by atoms with van der Waals surface area (Å²) in [6, 6.07) is 10.3. The normalized spacial score (nSPS) is 13.0. The van der Waals surface area contributed by atoms with Crippen molar-refractivity contribution in [3.05, 3.63) is 60.3 Å². The molecule has 0 spiro atoms. The molecule has 0 bridgehead atoms. The fourth-order valence-electron chi connectivity index (χ4n) is 3.26. The maximum atomic E-state index is 13.2. The molecule has 0 radical (unpaired) electrons. The Hall–Kier alpha value is -2.92. The molecule has 4 rings (SSSR count). The predicted molar refractivity (Wildman–Crippen MR) is 114 cm³/mol. The van der Waals surface area contributed by atoms with E-state index in [9.17, 15) is 13.2 Å². The Bertz CT molecular complexity index is 1330. The molecular weight excluding hydrogens is 424 g/mol. The van der Waals surface area contributed by atoms with Crippen LogP contribution in [-0.4, -0.2) is 56.6 Å². The standard InChI is InChI=1S/C19H20N6O3S2/c1-29-12-9-13(17-23-22-15-8-4-6-11-25(15)17)20-18(26)16-14-7-3-5-10-24(14)19(21-16)30(2,27)28/h3-8,10-11,13H,9,12H2,1-2H3,(H,20,26). The molecule has 1 atom stereocenters. The van der Waals surface area contributed by atoms with Crippen molar-refractivity contribution in [1.82, 2.24) is 29.3 Å². The first-order valence-corrected chi connectivity index (χ1v) is 12.5. The SMILES string of the molecule is CSCCC(NC(=O)c1nc(S(C)(=O)=O)n2ccccc12)c1nnc2ccccn12. The lowest BCUT2D eigenvalue weighted by molar-refractivity contribution is 0.0930. The van der Waals surface area contributed by atoms with Gasteiger partial charge in [0.1, 0.15) is 0 Å². The van der Waals surface area contributed by atoms with E-state index in [2.05, 4.69) is 20.5 Å². The number of nitrogens with one attached hydrogen (secondary N) is 1.